The summed E-state index contributed by atoms with van der Waals surface area (Å²) in [6.45, 7) is 0. The number of ether oxygens (including phenoxy) is 2. The average molecular weight is 350 g/mol. The Hall–Kier alpha value is -2.95. The lowest BCUT2D eigenvalue weighted by Crippen LogP contribution is -2.28. The van der Waals surface area contributed by atoms with Gasteiger partial charge in [0.1, 0.15) is 11.5 Å². The summed E-state index contributed by atoms with van der Waals surface area (Å²) < 4.78 is 10.5. The lowest BCUT2D eigenvalue weighted by molar-refractivity contribution is -0.120. The molecule has 2 N–H and O–H groups in total. The summed E-state index contributed by atoms with van der Waals surface area (Å²) in [6.07, 6.45) is 2.47. The topological polar surface area (TPSA) is 63.3 Å². The smallest absolute Gasteiger partial charge is 0.227 e. The molecule has 0 bridgehead atoms. The molecule has 134 valence electrons. The van der Waals surface area contributed by atoms with Crippen LogP contribution in [0.1, 0.15) is 17.7 Å². The molecule has 4 rings (SSSR count). The predicted octanol–water partition coefficient (Wildman–Crippen LogP) is 3.93. The van der Waals surface area contributed by atoms with E-state index in [-0.39, 0.29) is 11.8 Å². The van der Waals surface area contributed by atoms with E-state index in [1.54, 1.807) is 14.2 Å². The van der Waals surface area contributed by atoms with E-state index in [0.717, 1.165) is 47.4 Å². The second-order valence-corrected chi connectivity index (χ2v) is 6.65. The zero-order valence-corrected chi connectivity index (χ0v) is 15.0. The minimum atomic E-state index is -0.0326. The fourth-order valence-electron chi connectivity index (χ4n) is 3.67. The van der Waals surface area contributed by atoms with Crippen molar-refractivity contribution in [1.29, 1.82) is 0 Å². The molecule has 1 aliphatic rings. The van der Waals surface area contributed by atoms with Crippen molar-refractivity contribution in [1.82, 2.24) is 4.98 Å². The molecule has 1 aliphatic carbocycles. The van der Waals surface area contributed by atoms with Crippen LogP contribution < -0.4 is 14.8 Å². The largest absolute Gasteiger partial charge is 0.497 e. The maximum atomic E-state index is 12.7. The Morgan fingerprint density at radius 3 is 2.54 bits per heavy atom. The van der Waals surface area contributed by atoms with Crippen LogP contribution in [0.15, 0.2) is 42.5 Å². The number of nitrogens with one attached hydrogen (secondary N) is 2. The summed E-state index contributed by atoms with van der Waals surface area (Å²) in [7, 11) is 3.30. The molecular weight excluding hydrogens is 328 g/mol. The Kier molecular flexibility index (Phi) is 4.29. The molecular formula is C21H22N2O3. The quantitative estimate of drug-likeness (QED) is 0.749. The van der Waals surface area contributed by atoms with Gasteiger partial charge in [-0.05, 0) is 67.3 Å². The number of aromatic nitrogens is 1. The molecule has 26 heavy (non-hydrogen) atoms. The van der Waals surface area contributed by atoms with Gasteiger partial charge in [-0.3, -0.25) is 4.79 Å². The number of carbonyl (C=O) groups is 1. The van der Waals surface area contributed by atoms with Crippen LogP contribution in [0.3, 0.4) is 0 Å². The molecule has 1 atom stereocenters. The molecule has 5 nitrogen and oxygen atoms in total. The third-order valence-electron chi connectivity index (χ3n) is 5.12. The van der Waals surface area contributed by atoms with Crippen LogP contribution >= 0.6 is 0 Å². The van der Waals surface area contributed by atoms with Crippen molar-refractivity contribution in [2.75, 3.05) is 19.5 Å². The first-order valence-corrected chi connectivity index (χ1v) is 8.80. The van der Waals surface area contributed by atoms with Gasteiger partial charge < -0.3 is 19.8 Å². The summed E-state index contributed by atoms with van der Waals surface area (Å²) in [4.78, 5) is 16.2. The Morgan fingerprint density at radius 2 is 1.81 bits per heavy atom. The molecule has 1 heterocycles. The van der Waals surface area contributed by atoms with Crippen LogP contribution in [0.4, 0.5) is 5.69 Å². The highest BCUT2D eigenvalue weighted by molar-refractivity contribution is 5.94. The fourth-order valence-corrected chi connectivity index (χ4v) is 3.67. The molecule has 0 saturated heterocycles. The van der Waals surface area contributed by atoms with E-state index in [9.17, 15) is 4.79 Å². The number of rotatable bonds is 4. The Morgan fingerprint density at radius 1 is 1.08 bits per heavy atom. The van der Waals surface area contributed by atoms with Crippen molar-refractivity contribution >= 4 is 22.5 Å². The van der Waals surface area contributed by atoms with Crippen LogP contribution in [0.2, 0.25) is 0 Å². The average Bonchev–Trinajstić information content (AvgIpc) is 3.05. The molecule has 1 unspecified atom stereocenters. The lowest BCUT2D eigenvalue weighted by Gasteiger charge is -2.22. The SMILES string of the molecule is COc1ccc(NC(=O)C2CCc3[nH]c4ccc(OC)cc4c3C2)cc1. The monoisotopic (exact) mass is 350 g/mol. The molecule has 1 amide bonds. The molecule has 0 saturated carbocycles. The van der Waals surface area contributed by atoms with Gasteiger partial charge in [-0.2, -0.15) is 0 Å². The van der Waals surface area contributed by atoms with E-state index in [4.69, 9.17) is 9.47 Å². The van der Waals surface area contributed by atoms with Gasteiger partial charge in [0, 0.05) is 28.2 Å². The first-order valence-electron chi connectivity index (χ1n) is 8.80. The summed E-state index contributed by atoms with van der Waals surface area (Å²) in [6, 6.07) is 13.5. The molecule has 0 fully saturated rings. The number of methoxy groups -OCH3 is 2. The Balaban J connectivity index is 1.54. The first kappa shape index (κ1) is 16.5. The number of fused-ring (bicyclic) bond motifs is 3. The number of carbonyl (C=O) groups excluding carboxylic acids is 1. The third-order valence-corrected chi connectivity index (χ3v) is 5.12. The van der Waals surface area contributed by atoms with Crippen LogP contribution in [-0.4, -0.2) is 25.1 Å². The number of hydrogen-bond donors (Lipinski definition) is 2. The minimum absolute atomic E-state index is 0.0326. The Labute approximate surface area is 152 Å². The summed E-state index contributed by atoms with van der Waals surface area (Å²) in [5.74, 6) is 1.65. The van der Waals surface area contributed by atoms with Crippen LogP contribution in [-0.2, 0) is 17.6 Å². The van der Waals surface area contributed by atoms with Crippen molar-refractivity contribution in [3.63, 3.8) is 0 Å². The first-order chi connectivity index (χ1) is 12.7. The maximum Gasteiger partial charge on any atom is 0.227 e. The van der Waals surface area contributed by atoms with E-state index in [2.05, 4.69) is 16.4 Å². The van der Waals surface area contributed by atoms with Gasteiger partial charge in [-0.25, -0.2) is 0 Å². The number of aryl methyl sites for hydroxylation is 1. The van der Waals surface area contributed by atoms with Crippen LogP contribution in [0.25, 0.3) is 10.9 Å². The number of anilines is 1. The third kappa shape index (κ3) is 3.01. The lowest BCUT2D eigenvalue weighted by atomic mass is 9.85. The zero-order valence-electron chi connectivity index (χ0n) is 15.0. The summed E-state index contributed by atoms with van der Waals surface area (Å²) in [5.41, 5.74) is 4.37. The highest BCUT2D eigenvalue weighted by Crippen LogP contribution is 2.34. The highest BCUT2D eigenvalue weighted by Gasteiger charge is 2.27. The van der Waals surface area contributed by atoms with E-state index < -0.39 is 0 Å². The van der Waals surface area contributed by atoms with E-state index in [1.807, 2.05) is 36.4 Å². The standard InChI is InChI=1S/C21H22N2O3/c1-25-15-6-4-14(5-7-15)22-21(24)13-3-9-19-17(11-13)18-12-16(26-2)8-10-20(18)23-19/h4-8,10,12-13,23H,3,9,11H2,1-2H3,(H,22,24). The molecule has 1 aromatic heterocycles. The highest BCUT2D eigenvalue weighted by atomic mass is 16.5. The van der Waals surface area contributed by atoms with Crippen molar-refractivity contribution < 1.29 is 14.3 Å². The minimum Gasteiger partial charge on any atom is -0.497 e. The molecule has 3 aromatic rings. The van der Waals surface area contributed by atoms with Gasteiger partial charge >= 0.3 is 0 Å². The summed E-state index contributed by atoms with van der Waals surface area (Å²) in [5, 5.41) is 4.18. The zero-order chi connectivity index (χ0) is 18.1. The summed E-state index contributed by atoms with van der Waals surface area (Å²) >= 11 is 0. The number of hydrogen-bond acceptors (Lipinski definition) is 3. The van der Waals surface area contributed by atoms with Crippen molar-refractivity contribution in [2.45, 2.75) is 19.3 Å². The van der Waals surface area contributed by atoms with Crippen LogP contribution in [0, 0.1) is 5.92 Å². The van der Waals surface area contributed by atoms with Gasteiger partial charge in [0.15, 0.2) is 0 Å². The second-order valence-electron chi connectivity index (χ2n) is 6.65. The number of aromatic amines is 1. The normalized spacial score (nSPS) is 16.2. The molecule has 2 aromatic carbocycles. The molecule has 0 aliphatic heterocycles. The molecule has 0 spiro atoms. The van der Waals surface area contributed by atoms with Gasteiger partial charge in [0.05, 0.1) is 14.2 Å². The van der Waals surface area contributed by atoms with Gasteiger partial charge in [-0.15, -0.1) is 0 Å². The Bertz CT molecular complexity index is 944. The van der Waals surface area contributed by atoms with Gasteiger partial charge in [0.2, 0.25) is 5.91 Å². The van der Waals surface area contributed by atoms with Crippen molar-refractivity contribution in [3.8, 4) is 11.5 Å². The van der Waals surface area contributed by atoms with E-state index in [1.165, 1.54) is 11.3 Å². The van der Waals surface area contributed by atoms with Gasteiger partial charge in [-0.1, -0.05) is 0 Å². The van der Waals surface area contributed by atoms with Gasteiger partial charge in [0.25, 0.3) is 0 Å². The number of H-pyrrole nitrogens is 1. The van der Waals surface area contributed by atoms with E-state index in [0.29, 0.717) is 0 Å². The predicted molar refractivity (Wildman–Crippen MR) is 102 cm³/mol. The molecule has 0 radical (unpaired) electrons. The number of amides is 1. The molecule has 5 heteroatoms. The van der Waals surface area contributed by atoms with E-state index >= 15 is 0 Å². The van der Waals surface area contributed by atoms with Crippen molar-refractivity contribution in [3.05, 3.63) is 53.7 Å². The van der Waals surface area contributed by atoms with Crippen LogP contribution in [0.5, 0.6) is 11.5 Å². The second kappa shape index (κ2) is 6.75. The fraction of sp³-hybridized carbons (Fsp3) is 0.286. The maximum absolute atomic E-state index is 12.7. The number of benzene rings is 2. The van der Waals surface area contributed by atoms with Crippen molar-refractivity contribution in [2.24, 2.45) is 5.92 Å².